The smallest absolute Gasteiger partial charge is 0.278 e. The molecule has 0 radical (unpaired) electrons. The Bertz CT molecular complexity index is 1720. The third-order valence-electron chi connectivity index (χ3n) is 7.52. The predicted molar refractivity (Wildman–Crippen MR) is 148 cm³/mol. The van der Waals surface area contributed by atoms with E-state index in [1.807, 2.05) is 13.0 Å². The molecule has 1 fully saturated rings. The van der Waals surface area contributed by atoms with Crippen molar-refractivity contribution in [3.63, 3.8) is 0 Å². The standard InChI is InChI=1S/C27H26F2N8O3S/c1-13-4-19(25(39)35-11-17-5-15-8-31-21(30)6-20(15)41-17)37-23(13)34-12-18(26(37)40)36-24(38)16-9-32-22(33-10-16)14-2-3-27(28,29)7-14/h5-6,8-10,12-14,19H,2-4,7,11H2,1H3,(H2,30,31)(H,35,39)(H,36,38)/t13-,14?,19+/m1/s1. The molecule has 5 heterocycles. The van der Waals surface area contributed by atoms with Crippen LogP contribution in [0.1, 0.15) is 77.4 Å². The maximum Gasteiger partial charge on any atom is 0.278 e. The van der Waals surface area contributed by atoms with E-state index in [2.05, 4.69) is 30.6 Å². The van der Waals surface area contributed by atoms with E-state index in [4.69, 9.17) is 5.73 Å². The van der Waals surface area contributed by atoms with E-state index in [0.717, 1.165) is 15.0 Å². The number of hydrogen-bond donors (Lipinski definition) is 3. The number of nitrogens with zero attached hydrogens (tertiary/aromatic N) is 5. The van der Waals surface area contributed by atoms with Crippen LogP contribution >= 0.6 is 11.3 Å². The zero-order valence-corrected chi connectivity index (χ0v) is 22.8. The number of thiophene rings is 1. The number of carbonyl (C=O) groups excluding carboxylic acids is 2. The molecule has 1 saturated carbocycles. The van der Waals surface area contributed by atoms with Gasteiger partial charge in [-0.05, 0) is 25.0 Å². The second-order valence-electron chi connectivity index (χ2n) is 10.5. The Labute approximate surface area is 236 Å². The molecule has 4 N–H and O–H groups in total. The summed E-state index contributed by atoms with van der Waals surface area (Å²) in [7, 11) is 0. The number of carbonyl (C=O) groups is 2. The molecule has 4 aromatic rings. The lowest BCUT2D eigenvalue weighted by atomic mass is 10.1. The molecule has 1 aliphatic carbocycles. The molecular formula is C27H26F2N8O3S. The number of nitrogens with two attached hydrogens (primary N) is 1. The van der Waals surface area contributed by atoms with Gasteiger partial charge in [0, 0.05) is 58.2 Å². The molecule has 0 aromatic carbocycles. The van der Waals surface area contributed by atoms with Gasteiger partial charge in [0.15, 0.2) is 0 Å². The zero-order chi connectivity index (χ0) is 28.9. The van der Waals surface area contributed by atoms with Crippen LogP contribution in [0, 0.1) is 0 Å². The average molecular weight is 581 g/mol. The zero-order valence-electron chi connectivity index (χ0n) is 21.9. The Balaban J connectivity index is 1.16. The minimum Gasteiger partial charge on any atom is -0.384 e. The molecule has 4 aromatic heterocycles. The monoisotopic (exact) mass is 580 g/mol. The van der Waals surface area contributed by atoms with Gasteiger partial charge in [0.2, 0.25) is 11.8 Å². The van der Waals surface area contributed by atoms with Gasteiger partial charge in [0.25, 0.3) is 11.5 Å². The molecule has 212 valence electrons. The van der Waals surface area contributed by atoms with Crippen molar-refractivity contribution in [1.82, 2.24) is 29.8 Å². The fraction of sp³-hybridized carbons (Fsp3) is 0.370. The first-order valence-electron chi connectivity index (χ1n) is 13.1. The molecule has 14 heteroatoms. The average Bonchev–Trinajstić information content (AvgIpc) is 3.63. The fourth-order valence-electron chi connectivity index (χ4n) is 5.42. The van der Waals surface area contributed by atoms with Crippen LogP contribution in [0.25, 0.3) is 10.1 Å². The van der Waals surface area contributed by atoms with E-state index in [1.165, 1.54) is 34.5 Å². The summed E-state index contributed by atoms with van der Waals surface area (Å²) in [6, 6.07) is 2.91. The first kappa shape index (κ1) is 26.9. The minimum atomic E-state index is -2.73. The number of fused-ring (bicyclic) bond motifs is 2. The molecule has 0 saturated heterocycles. The molecule has 41 heavy (non-hydrogen) atoms. The second kappa shape index (κ2) is 10.3. The number of alkyl halides is 2. The first-order valence-corrected chi connectivity index (χ1v) is 13.9. The number of hydrogen-bond acceptors (Lipinski definition) is 9. The third kappa shape index (κ3) is 5.26. The molecule has 1 unspecified atom stereocenters. The van der Waals surface area contributed by atoms with E-state index >= 15 is 0 Å². The maximum absolute atomic E-state index is 13.5. The normalized spacial score (nSPS) is 21.1. The number of nitrogen functional groups attached to an aromatic ring is 1. The topological polar surface area (TPSA) is 158 Å². The summed E-state index contributed by atoms with van der Waals surface area (Å²) in [6.45, 7) is 2.15. The lowest BCUT2D eigenvalue weighted by molar-refractivity contribution is -0.124. The Morgan fingerprint density at radius 2 is 1.93 bits per heavy atom. The number of nitrogens with one attached hydrogen (secondary N) is 2. The van der Waals surface area contributed by atoms with Crippen molar-refractivity contribution in [2.24, 2.45) is 0 Å². The van der Waals surface area contributed by atoms with Crippen LogP contribution in [0.4, 0.5) is 20.3 Å². The minimum absolute atomic E-state index is 0.0614. The van der Waals surface area contributed by atoms with Crippen LogP contribution in [0.3, 0.4) is 0 Å². The quantitative estimate of drug-likeness (QED) is 0.311. The molecule has 3 atom stereocenters. The molecule has 6 rings (SSSR count). The van der Waals surface area contributed by atoms with Gasteiger partial charge in [-0.15, -0.1) is 11.3 Å². The molecule has 11 nitrogen and oxygen atoms in total. The molecule has 0 spiro atoms. The summed E-state index contributed by atoms with van der Waals surface area (Å²) in [5.41, 5.74) is 5.17. The van der Waals surface area contributed by atoms with Gasteiger partial charge in [-0.1, -0.05) is 6.92 Å². The van der Waals surface area contributed by atoms with E-state index in [-0.39, 0.29) is 54.7 Å². The van der Waals surface area contributed by atoms with Crippen molar-refractivity contribution in [3.8, 4) is 0 Å². The van der Waals surface area contributed by atoms with E-state index in [0.29, 0.717) is 18.1 Å². The fourth-order valence-corrected chi connectivity index (χ4v) is 6.44. The Kier molecular flexibility index (Phi) is 6.72. The van der Waals surface area contributed by atoms with Crippen molar-refractivity contribution in [1.29, 1.82) is 0 Å². The van der Waals surface area contributed by atoms with Crippen LogP contribution in [0.5, 0.6) is 0 Å². The highest BCUT2D eigenvalue weighted by atomic mass is 32.1. The predicted octanol–water partition coefficient (Wildman–Crippen LogP) is 3.75. The lowest BCUT2D eigenvalue weighted by Crippen LogP contribution is -2.36. The van der Waals surface area contributed by atoms with Crippen molar-refractivity contribution >= 4 is 44.7 Å². The molecule has 2 amide bonds. The van der Waals surface area contributed by atoms with Crippen LogP contribution in [-0.2, 0) is 11.3 Å². The molecular weight excluding hydrogens is 554 g/mol. The van der Waals surface area contributed by atoms with E-state index in [1.54, 1.807) is 12.3 Å². The maximum atomic E-state index is 13.5. The van der Waals surface area contributed by atoms with E-state index < -0.39 is 29.3 Å². The van der Waals surface area contributed by atoms with Crippen LogP contribution in [0.2, 0.25) is 0 Å². The Hall–Kier alpha value is -4.33. The van der Waals surface area contributed by atoms with Gasteiger partial charge in [0.05, 0.1) is 18.3 Å². The van der Waals surface area contributed by atoms with Crippen molar-refractivity contribution in [3.05, 3.63) is 69.4 Å². The number of halogens is 2. The van der Waals surface area contributed by atoms with Crippen LogP contribution in [0.15, 0.2) is 41.7 Å². The molecule has 2 aliphatic rings. The van der Waals surface area contributed by atoms with E-state index in [9.17, 15) is 23.2 Å². The summed E-state index contributed by atoms with van der Waals surface area (Å²) in [4.78, 5) is 57.1. The largest absolute Gasteiger partial charge is 0.384 e. The molecule has 0 bridgehead atoms. The Morgan fingerprint density at radius 1 is 1.15 bits per heavy atom. The summed E-state index contributed by atoms with van der Waals surface area (Å²) < 4.78 is 29.4. The van der Waals surface area contributed by atoms with Gasteiger partial charge >= 0.3 is 0 Å². The highest BCUT2D eigenvalue weighted by Gasteiger charge is 2.41. The van der Waals surface area contributed by atoms with Crippen LogP contribution < -0.4 is 21.9 Å². The number of anilines is 2. The van der Waals surface area contributed by atoms with Crippen molar-refractivity contribution in [2.75, 3.05) is 11.1 Å². The highest BCUT2D eigenvalue weighted by Crippen LogP contribution is 2.43. The van der Waals surface area contributed by atoms with Crippen LogP contribution in [-0.4, -0.2) is 42.2 Å². The number of rotatable bonds is 6. The number of pyridine rings is 1. The van der Waals surface area contributed by atoms with Gasteiger partial charge in [-0.2, -0.15) is 0 Å². The first-order chi connectivity index (χ1) is 19.6. The van der Waals surface area contributed by atoms with Crippen molar-refractivity contribution < 1.29 is 18.4 Å². The SMILES string of the molecule is C[C@@H]1C[C@@H](C(=O)NCc2cc3cnc(N)cc3s2)n2c1ncc(NC(=O)c1cnc(C3CCC(F)(F)C3)nc1)c2=O. The highest BCUT2D eigenvalue weighted by molar-refractivity contribution is 7.19. The Morgan fingerprint density at radius 3 is 2.66 bits per heavy atom. The van der Waals surface area contributed by atoms with Gasteiger partial charge in [-0.3, -0.25) is 19.0 Å². The number of amides is 2. The summed E-state index contributed by atoms with van der Waals surface area (Å²) in [5.74, 6) is -3.20. The van der Waals surface area contributed by atoms with Gasteiger partial charge < -0.3 is 16.4 Å². The summed E-state index contributed by atoms with van der Waals surface area (Å²) in [5, 5.41) is 6.36. The third-order valence-corrected chi connectivity index (χ3v) is 8.61. The van der Waals surface area contributed by atoms with Gasteiger partial charge in [0.1, 0.15) is 29.2 Å². The molecule has 1 aliphatic heterocycles. The lowest BCUT2D eigenvalue weighted by Gasteiger charge is -2.15. The summed E-state index contributed by atoms with van der Waals surface area (Å²) in [6.07, 6.45) is 5.59. The summed E-state index contributed by atoms with van der Waals surface area (Å²) >= 11 is 1.49. The van der Waals surface area contributed by atoms with Crippen molar-refractivity contribution in [2.45, 2.75) is 63.0 Å². The second-order valence-corrected chi connectivity index (χ2v) is 11.7. The van der Waals surface area contributed by atoms with Gasteiger partial charge in [-0.25, -0.2) is 28.7 Å². The number of aromatic nitrogens is 5.